The number of halogens is 2. The molecule has 0 unspecified atom stereocenters. The topological polar surface area (TPSA) is 20.2 Å². The van der Waals surface area contributed by atoms with Crippen molar-refractivity contribution in [1.29, 1.82) is 0 Å². The van der Waals surface area contributed by atoms with E-state index in [-0.39, 0.29) is 5.92 Å². The Morgan fingerprint density at radius 1 is 0.941 bits per heavy atom. The maximum atomic E-state index is 13.1. The fourth-order valence-electron chi connectivity index (χ4n) is 2.64. The first-order valence-electron chi connectivity index (χ1n) is 6.31. The van der Waals surface area contributed by atoms with Crippen LogP contribution < -0.4 is 0 Å². The molecule has 94 valence electrons. The normalized spacial score (nSPS) is 19.9. The molecule has 1 atom stereocenters. The lowest BCUT2D eigenvalue weighted by Gasteiger charge is -2.21. The molecule has 1 N–H and O–H groups in total. The molecule has 1 aromatic rings. The number of aliphatic hydroxyl groups excluding tert-OH is 1. The van der Waals surface area contributed by atoms with Gasteiger partial charge < -0.3 is 5.11 Å². The minimum absolute atomic E-state index is 0.138. The van der Waals surface area contributed by atoms with E-state index < -0.39 is 17.7 Å². The minimum Gasteiger partial charge on any atom is -0.388 e. The summed E-state index contributed by atoms with van der Waals surface area (Å²) < 4.78 is 26.2. The summed E-state index contributed by atoms with van der Waals surface area (Å²) in [5.74, 6) is -1.10. The Morgan fingerprint density at radius 2 is 1.47 bits per heavy atom. The highest BCUT2D eigenvalue weighted by atomic mass is 19.1. The summed E-state index contributed by atoms with van der Waals surface area (Å²) in [6.07, 6.45) is 5.73. The number of hydrogen-bond donors (Lipinski definition) is 1. The minimum atomic E-state index is -0.738. The van der Waals surface area contributed by atoms with Gasteiger partial charge in [0.05, 0.1) is 6.10 Å². The van der Waals surface area contributed by atoms with Crippen molar-refractivity contribution in [3.05, 3.63) is 35.4 Å². The first kappa shape index (κ1) is 12.5. The molecule has 1 aliphatic carbocycles. The summed E-state index contributed by atoms with van der Waals surface area (Å²) in [5.41, 5.74) is 0.370. The zero-order valence-corrected chi connectivity index (χ0v) is 9.83. The van der Waals surface area contributed by atoms with Gasteiger partial charge in [-0.15, -0.1) is 0 Å². The second kappa shape index (κ2) is 5.58. The van der Waals surface area contributed by atoms with Crippen LogP contribution in [0, 0.1) is 17.6 Å². The summed E-state index contributed by atoms with van der Waals surface area (Å²) in [4.78, 5) is 0. The third-order valence-electron chi connectivity index (χ3n) is 3.57. The number of rotatable bonds is 2. The van der Waals surface area contributed by atoms with Gasteiger partial charge in [0, 0.05) is 6.07 Å². The fourth-order valence-corrected chi connectivity index (χ4v) is 2.64. The van der Waals surface area contributed by atoms with Crippen LogP contribution in [0.15, 0.2) is 18.2 Å². The van der Waals surface area contributed by atoms with E-state index in [0.717, 1.165) is 31.7 Å². The average Bonchev–Trinajstić information content (AvgIpc) is 2.55. The van der Waals surface area contributed by atoms with E-state index >= 15 is 0 Å². The molecule has 1 aliphatic rings. The number of aliphatic hydroxyl groups is 1. The summed E-state index contributed by atoms with van der Waals surface area (Å²) in [5, 5.41) is 10.2. The lowest BCUT2D eigenvalue weighted by molar-refractivity contribution is 0.0981. The molecule has 2 rings (SSSR count). The van der Waals surface area contributed by atoms with Crippen LogP contribution >= 0.6 is 0 Å². The maximum Gasteiger partial charge on any atom is 0.126 e. The van der Waals surface area contributed by atoms with Crippen LogP contribution in [0.5, 0.6) is 0 Å². The van der Waals surface area contributed by atoms with Crippen LogP contribution in [0.1, 0.15) is 50.2 Å². The molecule has 0 heterocycles. The third-order valence-corrected chi connectivity index (χ3v) is 3.57. The Morgan fingerprint density at radius 3 is 2.00 bits per heavy atom. The van der Waals surface area contributed by atoms with Crippen LogP contribution in [0.2, 0.25) is 0 Å². The summed E-state index contributed by atoms with van der Waals surface area (Å²) in [6, 6.07) is 3.31. The van der Waals surface area contributed by atoms with E-state index in [4.69, 9.17) is 0 Å². The van der Waals surface area contributed by atoms with Crippen LogP contribution in [0.25, 0.3) is 0 Å². The molecule has 0 aromatic heterocycles. The second-order valence-electron chi connectivity index (χ2n) is 4.90. The van der Waals surface area contributed by atoms with Crippen molar-refractivity contribution >= 4 is 0 Å². The van der Waals surface area contributed by atoms with Crippen molar-refractivity contribution < 1.29 is 13.9 Å². The fraction of sp³-hybridized carbons (Fsp3) is 0.571. The van der Waals surface area contributed by atoms with E-state index in [2.05, 4.69) is 0 Å². The van der Waals surface area contributed by atoms with E-state index in [9.17, 15) is 13.9 Å². The van der Waals surface area contributed by atoms with Gasteiger partial charge in [-0.25, -0.2) is 8.78 Å². The quantitative estimate of drug-likeness (QED) is 0.775. The van der Waals surface area contributed by atoms with E-state index in [1.165, 1.54) is 25.0 Å². The smallest absolute Gasteiger partial charge is 0.126 e. The first-order valence-corrected chi connectivity index (χ1v) is 6.31. The molecule has 17 heavy (non-hydrogen) atoms. The van der Waals surface area contributed by atoms with Crippen molar-refractivity contribution in [3.8, 4) is 0 Å². The standard InChI is InChI=1S/C14H18F2O/c15-12-7-11(8-13(16)9-12)14(17)10-5-3-1-2-4-6-10/h7-10,14,17H,1-6H2/t14-/m1/s1. The lowest BCUT2D eigenvalue weighted by Crippen LogP contribution is -2.12. The predicted molar refractivity (Wildman–Crippen MR) is 62.5 cm³/mol. The van der Waals surface area contributed by atoms with Gasteiger partial charge in [0.15, 0.2) is 0 Å². The van der Waals surface area contributed by atoms with Gasteiger partial charge in [0.1, 0.15) is 11.6 Å². The Hall–Kier alpha value is -0.960. The molecule has 0 aliphatic heterocycles. The van der Waals surface area contributed by atoms with Gasteiger partial charge in [-0.2, -0.15) is 0 Å². The van der Waals surface area contributed by atoms with Crippen LogP contribution in [0.3, 0.4) is 0 Å². The summed E-state index contributed by atoms with van der Waals surface area (Å²) in [7, 11) is 0. The molecule has 3 heteroatoms. The highest BCUT2D eigenvalue weighted by Crippen LogP contribution is 2.33. The van der Waals surface area contributed by atoms with Gasteiger partial charge in [0.25, 0.3) is 0 Å². The molecular formula is C14H18F2O. The van der Waals surface area contributed by atoms with Gasteiger partial charge in [0.2, 0.25) is 0 Å². The second-order valence-corrected chi connectivity index (χ2v) is 4.90. The van der Waals surface area contributed by atoms with Gasteiger partial charge in [-0.05, 0) is 36.5 Å². The van der Waals surface area contributed by atoms with Crippen LogP contribution in [0.4, 0.5) is 8.78 Å². The Bertz CT molecular complexity index is 350. The molecule has 1 aromatic carbocycles. The van der Waals surface area contributed by atoms with Crippen molar-refractivity contribution in [2.75, 3.05) is 0 Å². The average molecular weight is 240 g/mol. The molecule has 1 saturated carbocycles. The first-order chi connectivity index (χ1) is 8.16. The molecule has 0 spiro atoms. The Labute approximate surface area is 100 Å². The third kappa shape index (κ3) is 3.25. The van der Waals surface area contributed by atoms with E-state index in [1.807, 2.05) is 0 Å². The molecule has 1 nitrogen and oxygen atoms in total. The molecule has 0 saturated heterocycles. The van der Waals surface area contributed by atoms with Crippen molar-refractivity contribution in [2.24, 2.45) is 5.92 Å². The summed E-state index contributed by atoms with van der Waals surface area (Å²) >= 11 is 0. The summed E-state index contributed by atoms with van der Waals surface area (Å²) in [6.45, 7) is 0. The Kier molecular flexibility index (Phi) is 4.11. The maximum absolute atomic E-state index is 13.1. The van der Waals surface area contributed by atoms with E-state index in [1.54, 1.807) is 0 Å². The predicted octanol–water partition coefficient (Wildman–Crippen LogP) is 3.97. The number of benzene rings is 1. The van der Waals surface area contributed by atoms with Crippen LogP contribution in [-0.2, 0) is 0 Å². The Balaban J connectivity index is 2.14. The zero-order chi connectivity index (χ0) is 12.3. The molecule has 1 fully saturated rings. The SMILES string of the molecule is O[C@@H](c1cc(F)cc(F)c1)C1CCCCCC1. The highest BCUT2D eigenvalue weighted by molar-refractivity contribution is 5.20. The molecule has 0 radical (unpaired) electrons. The highest BCUT2D eigenvalue weighted by Gasteiger charge is 2.22. The van der Waals surface area contributed by atoms with Crippen molar-refractivity contribution in [3.63, 3.8) is 0 Å². The van der Waals surface area contributed by atoms with Crippen molar-refractivity contribution in [2.45, 2.75) is 44.6 Å². The largest absolute Gasteiger partial charge is 0.388 e. The number of hydrogen-bond acceptors (Lipinski definition) is 1. The van der Waals surface area contributed by atoms with Gasteiger partial charge in [-0.1, -0.05) is 25.7 Å². The molecular weight excluding hydrogens is 222 g/mol. The van der Waals surface area contributed by atoms with Crippen molar-refractivity contribution in [1.82, 2.24) is 0 Å². The lowest BCUT2D eigenvalue weighted by atomic mass is 9.89. The van der Waals surface area contributed by atoms with Gasteiger partial charge in [-0.3, -0.25) is 0 Å². The van der Waals surface area contributed by atoms with Gasteiger partial charge >= 0.3 is 0 Å². The monoisotopic (exact) mass is 240 g/mol. The zero-order valence-electron chi connectivity index (χ0n) is 9.83. The van der Waals surface area contributed by atoms with E-state index in [0.29, 0.717) is 5.56 Å². The van der Waals surface area contributed by atoms with Crippen LogP contribution in [-0.4, -0.2) is 5.11 Å². The molecule has 0 amide bonds. The molecule has 0 bridgehead atoms.